The van der Waals surface area contributed by atoms with E-state index in [2.05, 4.69) is 6.07 Å². The Morgan fingerprint density at radius 2 is 1.60 bits per heavy atom. The largest absolute Gasteiger partial charge is 0.388 e. The highest BCUT2D eigenvalue weighted by Crippen LogP contribution is 2.60. The third kappa shape index (κ3) is 1.88. The van der Waals surface area contributed by atoms with E-state index in [0.717, 1.165) is 33.2 Å². The van der Waals surface area contributed by atoms with Crippen molar-refractivity contribution < 1.29 is 5.11 Å². The third-order valence-electron chi connectivity index (χ3n) is 5.31. The number of halogens is 1. The van der Waals surface area contributed by atoms with Crippen LogP contribution >= 0.6 is 11.6 Å². The smallest absolute Gasteiger partial charge is 0.0829 e. The van der Waals surface area contributed by atoms with Crippen molar-refractivity contribution >= 4 is 22.4 Å². The maximum Gasteiger partial charge on any atom is 0.0829 e. The van der Waals surface area contributed by atoms with Crippen molar-refractivity contribution in [1.29, 1.82) is 0 Å². The molecular weight excluding hydrogens is 268 g/mol. The van der Waals surface area contributed by atoms with Gasteiger partial charge in [0.25, 0.3) is 0 Å². The minimum absolute atomic E-state index is 0.328. The highest BCUT2D eigenvalue weighted by atomic mass is 35.5. The zero-order valence-corrected chi connectivity index (χ0v) is 12.2. The monoisotopic (exact) mass is 286 g/mol. The fourth-order valence-corrected chi connectivity index (χ4v) is 4.49. The minimum atomic E-state index is -0.328. The summed E-state index contributed by atoms with van der Waals surface area (Å²) in [5.41, 5.74) is 1.06. The van der Waals surface area contributed by atoms with Gasteiger partial charge < -0.3 is 5.11 Å². The van der Waals surface area contributed by atoms with Crippen LogP contribution in [-0.4, -0.2) is 5.11 Å². The van der Waals surface area contributed by atoms with Crippen molar-refractivity contribution in [3.8, 4) is 0 Å². The first-order valence-corrected chi connectivity index (χ1v) is 8.00. The van der Waals surface area contributed by atoms with E-state index in [4.69, 9.17) is 11.6 Å². The quantitative estimate of drug-likeness (QED) is 0.827. The van der Waals surface area contributed by atoms with E-state index in [9.17, 15) is 5.11 Å². The molecule has 0 bridgehead atoms. The summed E-state index contributed by atoms with van der Waals surface area (Å²) < 4.78 is 0. The number of aliphatic hydroxyl groups is 1. The molecule has 0 spiro atoms. The van der Waals surface area contributed by atoms with Gasteiger partial charge in [-0.15, -0.1) is 0 Å². The third-order valence-corrected chi connectivity index (χ3v) is 5.64. The van der Waals surface area contributed by atoms with Crippen LogP contribution in [0.1, 0.15) is 37.4 Å². The summed E-state index contributed by atoms with van der Waals surface area (Å²) in [5, 5.41) is 13.8. The van der Waals surface area contributed by atoms with Crippen LogP contribution < -0.4 is 0 Å². The van der Waals surface area contributed by atoms with E-state index >= 15 is 0 Å². The van der Waals surface area contributed by atoms with Crippen LogP contribution in [0.2, 0.25) is 5.02 Å². The molecule has 0 aliphatic heterocycles. The molecule has 1 N–H and O–H groups in total. The van der Waals surface area contributed by atoms with Gasteiger partial charge in [-0.1, -0.05) is 54.8 Å². The molecule has 3 atom stereocenters. The highest BCUT2D eigenvalue weighted by molar-refractivity contribution is 6.35. The van der Waals surface area contributed by atoms with Crippen LogP contribution in [0.15, 0.2) is 36.4 Å². The molecule has 2 aromatic rings. The first kappa shape index (κ1) is 12.7. The summed E-state index contributed by atoms with van der Waals surface area (Å²) in [4.78, 5) is 0. The molecular formula is C18H19ClO. The lowest BCUT2D eigenvalue weighted by Crippen LogP contribution is -2.03. The second-order valence-electron chi connectivity index (χ2n) is 6.32. The molecule has 20 heavy (non-hydrogen) atoms. The van der Waals surface area contributed by atoms with E-state index < -0.39 is 0 Å². The average molecular weight is 287 g/mol. The topological polar surface area (TPSA) is 20.2 Å². The lowest BCUT2D eigenvalue weighted by Gasteiger charge is -2.15. The van der Waals surface area contributed by atoms with E-state index in [-0.39, 0.29) is 6.10 Å². The summed E-state index contributed by atoms with van der Waals surface area (Å²) in [6, 6.07) is 12.1. The predicted molar refractivity (Wildman–Crippen MR) is 82.9 cm³/mol. The Kier molecular flexibility index (Phi) is 3.01. The lowest BCUT2D eigenvalue weighted by molar-refractivity contribution is 0.143. The second-order valence-corrected chi connectivity index (χ2v) is 6.72. The van der Waals surface area contributed by atoms with Crippen LogP contribution in [0.5, 0.6) is 0 Å². The van der Waals surface area contributed by atoms with E-state index in [0.29, 0.717) is 5.92 Å². The second kappa shape index (κ2) is 4.75. The van der Waals surface area contributed by atoms with Crippen LogP contribution in [0.3, 0.4) is 0 Å². The molecule has 0 heterocycles. The van der Waals surface area contributed by atoms with E-state index in [1.165, 1.54) is 25.7 Å². The Hall–Kier alpha value is -1.05. The summed E-state index contributed by atoms with van der Waals surface area (Å²) in [6.45, 7) is 0. The van der Waals surface area contributed by atoms with Crippen molar-refractivity contribution in [2.45, 2.75) is 31.8 Å². The molecule has 3 unspecified atom stereocenters. The average Bonchev–Trinajstić information content (AvgIpc) is 3.22. The molecule has 0 radical (unpaired) electrons. The van der Waals surface area contributed by atoms with Gasteiger partial charge in [-0.2, -0.15) is 0 Å². The van der Waals surface area contributed by atoms with Gasteiger partial charge in [0.05, 0.1) is 6.10 Å². The van der Waals surface area contributed by atoms with Crippen LogP contribution in [-0.2, 0) is 0 Å². The van der Waals surface area contributed by atoms with Gasteiger partial charge in [0.15, 0.2) is 0 Å². The molecule has 4 rings (SSSR count). The molecule has 2 saturated carbocycles. The Labute approximate surface area is 124 Å². The van der Waals surface area contributed by atoms with Crippen LogP contribution in [0, 0.1) is 17.8 Å². The van der Waals surface area contributed by atoms with Crippen molar-refractivity contribution in [2.24, 2.45) is 17.8 Å². The number of fused-ring (bicyclic) bond motifs is 2. The van der Waals surface area contributed by atoms with Gasteiger partial charge in [0.2, 0.25) is 0 Å². The first-order chi connectivity index (χ1) is 9.77. The zero-order valence-electron chi connectivity index (χ0n) is 11.4. The Bertz CT molecular complexity index is 639. The molecule has 2 aliphatic rings. The van der Waals surface area contributed by atoms with Crippen LogP contribution in [0.4, 0.5) is 0 Å². The standard InChI is InChI=1S/C18H19ClO/c19-16-10-9-15(11-5-1-2-6-12(11)16)18(20)17-13-7-3-4-8-14(13)17/h1-2,5-6,9-10,13-14,17-18,20H,3-4,7-8H2. The summed E-state index contributed by atoms with van der Waals surface area (Å²) in [7, 11) is 0. The Morgan fingerprint density at radius 1 is 0.950 bits per heavy atom. The number of hydrogen-bond acceptors (Lipinski definition) is 1. The molecule has 2 aromatic carbocycles. The molecule has 0 amide bonds. The molecule has 2 heteroatoms. The zero-order chi connectivity index (χ0) is 13.7. The van der Waals surface area contributed by atoms with Gasteiger partial charge in [-0.05, 0) is 47.6 Å². The lowest BCUT2D eigenvalue weighted by atomic mass is 9.96. The fraction of sp³-hybridized carbons (Fsp3) is 0.444. The van der Waals surface area contributed by atoms with Crippen LogP contribution in [0.25, 0.3) is 10.8 Å². The van der Waals surface area contributed by atoms with E-state index in [1.807, 2.05) is 30.3 Å². The van der Waals surface area contributed by atoms with Gasteiger partial charge in [-0.3, -0.25) is 0 Å². The maximum absolute atomic E-state index is 10.8. The summed E-state index contributed by atoms with van der Waals surface area (Å²) in [5.74, 6) is 1.99. The number of hydrogen-bond donors (Lipinski definition) is 1. The fourth-order valence-electron chi connectivity index (χ4n) is 4.27. The SMILES string of the molecule is OC(c1ccc(Cl)c2ccccc12)C1C2CCCCC21. The van der Waals surface area contributed by atoms with Crippen molar-refractivity contribution in [3.63, 3.8) is 0 Å². The molecule has 104 valence electrons. The highest BCUT2D eigenvalue weighted by Gasteiger charge is 2.54. The summed E-state index contributed by atoms with van der Waals surface area (Å²) >= 11 is 6.27. The van der Waals surface area contributed by atoms with Gasteiger partial charge in [0, 0.05) is 10.4 Å². The molecule has 2 aliphatic carbocycles. The molecule has 2 fully saturated rings. The Balaban J connectivity index is 1.73. The Morgan fingerprint density at radius 3 is 2.30 bits per heavy atom. The first-order valence-electron chi connectivity index (χ1n) is 7.62. The number of benzene rings is 2. The van der Waals surface area contributed by atoms with Gasteiger partial charge >= 0.3 is 0 Å². The van der Waals surface area contributed by atoms with Crippen molar-refractivity contribution in [2.75, 3.05) is 0 Å². The predicted octanol–water partition coefficient (Wildman–Crippen LogP) is 4.96. The van der Waals surface area contributed by atoms with Gasteiger partial charge in [0.1, 0.15) is 0 Å². The molecule has 0 aromatic heterocycles. The summed E-state index contributed by atoms with van der Waals surface area (Å²) in [6.07, 6.45) is 4.96. The van der Waals surface area contributed by atoms with Crippen molar-refractivity contribution in [1.82, 2.24) is 0 Å². The normalized spacial score (nSPS) is 30.0. The molecule has 1 nitrogen and oxygen atoms in total. The number of rotatable bonds is 2. The van der Waals surface area contributed by atoms with Crippen molar-refractivity contribution in [3.05, 3.63) is 47.0 Å². The maximum atomic E-state index is 10.8. The number of aliphatic hydroxyl groups excluding tert-OH is 1. The van der Waals surface area contributed by atoms with E-state index in [1.54, 1.807) is 0 Å². The minimum Gasteiger partial charge on any atom is -0.388 e. The molecule has 0 saturated heterocycles. The van der Waals surface area contributed by atoms with Gasteiger partial charge in [-0.25, -0.2) is 0 Å².